The summed E-state index contributed by atoms with van der Waals surface area (Å²) >= 11 is 0. The zero-order valence-corrected chi connectivity index (χ0v) is 14.1. The summed E-state index contributed by atoms with van der Waals surface area (Å²) in [5.41, 5.74) is 11.7. The Morgan fingerprint density at radius 1 is 1.36 bits per heavy atom. The highest BCUT2D eigenvalue weighted by Crippen LogP contribution is 2.34. The number of carbonyl (C=O) groups excluding carboxylic acids is 1. The van der Waals surface area contributed by atoms with Gasteiger partial charge in [0.05, 0.1) is 0 Å². The van der Waals surface area contributed by atoms with E-state index < -0.39 is 0 Å². The number of hydrogen-bond acceptors (Lipinski definition) is 2. The van der Waals surface area contributed by atoms with E-state index in [1.165, 1.54) is 22.4 Å². The molecule has 1 aromatic rings. The first kappa shape index (κ1) is 16.7. The number of pyridine rings is 1. The average Bonchev–Trinajstić information content (AvgIpc) is 2.46. The van der Waals surface area contributed by atoms with Gasteiger partial charge in [0.15, 0.2) is 0 Å². The van der Waals surface area contributed by atoms with Gasteiger partial charge in [0.2, 0.25) is 5.91 Å². The molecule has 1 aromatic heterocycles. The lowest BCUT2D eigenvalue weighted by Crippen LogP contribution is -2.17. The van der Waals surface area contributed by atoms with Gasteiger partial charge in [-0.15, -0.1) is 0 Å². The van der Waals surface area contributed by atoms with Crippen molar-refractivity contribution >= 4 is 11.5 Å². The molecule has 0 aromatic carbocycles. The zero-order chi connectivity index (χ0) is 16.1. The molecule has 0 bridgehead atoms. The number of primary amides is 1. The molecule has 3 heteroatoms. The van der Waals surface area contributed by atoms with Crippen LogP contribution in [0.15, 0.2) is 12.1 Å². The van der Waals surface area contributed by atoms with Crippen molar-refractivity contribution < 1.29 is 4.79 Å². The van der Waals surface area contributed by atoms with Crippen LogP contribution >= 0.6 is 0 Å². The third kappa shape index (κ3) is 3.76. The van der Waals surface area contributed by atoms with Gasteiger partial charge in [-0.25, -0.2) is 0 Å². The number of allylic oxidation sites excluding steroid dienone is 2. The molecular formula is C19H28N2O. The molecule has 1 unspecified atom stereocenters. The van der Waals surface area contributed by atoms with Gasteiger partial charge in [0.25, 0.3) is 0 Å². The minimum Gasteiger partial charge on any atom is -0.370 e. The minimum absolute atomic E-state index is 0.199. The van der Waals surface area contributed by atoms with Crippen molar-refractivity contribution in [1.82, 2.24) is 4.98 Å². The van der Waals surface area contributed by atoms with Crippen LogP contribution in [-0.4, -0.2) is 10.9 Å². The van der Waals surface area contributed by atoms with E-state index in [9.17, 15) is 4.79 Å². The van der Waals surface area contributed by atoms with Crippen molar-refractivity contribution in [3.63, 3.8) is 0 Å². The highest BCUT2D eigenvalue weighted by atomic mass is 16.1. The van der Waals surface area contributed by atoms with Crippen molar-refractivity contribution in [1.29, 1.82) is 0 Å². The first-order chi connectivity index (χ1) is 10.6. The Morgan fingerprint density at radius 3 is 2.77 bits per heavy atom. The topological polar surface area (TPSA) is 56.0 Å². The molecule has 1 amide bonds. The summed E-state index contributed by atoms with van der Waals surface area (Å²) < 4.78 is 0. The van der Waals surface area contributed by atoms with Crippen LogP contribution in [0.5, 0.6) is 0 Å². The summed E-state index contributed by atoms with van der Waals surface area (Å²) in [6, 6.07) is 2.29. The molecule has 1 aliphatic carbocycles. The molecule has 120 valence electrons. The van der Waals surface area contributed by atoms with Gasteiger partial charge >= 0.3 is 0 Å². The molecule has 0 fully saturated rings. The van der Waals surface area contributed by atoms with E-state index in [1.807, 2.05) is 0 Å². The molecule has 0 radical (unpaired) electrons. The van der Waals surface area contributed by atoms with E-state index in [1.54, 1.807) is 0 Å². The number of aryl methyl sites for hydroxylation is 2. The van der Waals surface area contributed by atoms with Gasteiger partial charge < -0.3 is 5.73 Å². The van der Waals surface area contributed by atoms with Gasteiger partial charge in [0, 0.05) is 17.8 Å². The van der Waals surface area contributed by atoms with Gasteiger partial charge in [0.1, 0.15) is 0 Å². The number of amides is 1. The van der Waals surface area contributed by atoms with Crippen molar-refractivity contribution in [2.45, 2.75) is 71.6 Å². The van der Waals surface area contributed by atoms with Gasteiger partial charge in [-0.05, 0) is 61.3 Å². The van der Waals surface area contributed by atoms with Crippen molar-refractivity contribution in [2.24, 2.45) is 5.73 Å². The number of fused-ring (bicyclic) bond motifs is 1. The van der Waals surface area contributed by atoms with E-state index in [0.29, 0.717) is 6.42 Å². The summed E-state index contributed by atoms with van der Waals surface area (Å²) in [4.78, 5) is 16.3. The first-order valence-corrected chi connectivity index (χ1v) is 8.54. The lowest BCUT2D eigenvalue weighted by Gasteiger charge is -2.23. The Bertz CT molecular complexity index is 575. The third-order valence-corrected chi connectivity index (χ3v) is 4.49. The van der Waals surface area contributed by atoms with E-state index in [-0.39, 0.29) is 11.8 Å². The number of rotatable bonds is 7. The number of nitrogens with two attached hydrogens (primary N) is 1. The van der Waals surface area contributed by atoms with Gasteiger partial charge in [-0.2, -0.15) is 0 Å². The molecule has 0 aliphatic heterocycles. The number of nitrogens with zero attached hydrogens (tertiary/aromatic N) is 1. The van der Waals surface area contributed by atoms with Crippen molar-refractivity contribution in [2.75, 3.05) is 0 Å². The largest absolute Gasteiger partial charge is 0.370 e. The fourth-order valence-electron chi connectivity index (χ4n) is 3.51. The maximum Gasteiger partial charge on any atom is 0.218 e. The fraction of sp³-hybridized carbons (Fsp3) is 0.579. The zero-order valence-electron chi connectivity index (χ0n) is 14.1. The quantitative estimate of drug-likeness (QED) is 0.817. The fourth-order valence-corrected chi connectivity index (χ4v) is 3.51. The second-order valence-electron chi connectivity index (χ2n) is 6.33. The highest BCUT2D eigenvalue weighted by molar-refractivity contribution is 5.75. The lowest BCUT2D eigenvalue weighted by molar-refractivity contribution is -0.118. The molecule has 0 saturated heterocycles. The van der Waals surface area contributed by atoms with Crippen molar-refractivity contribution in [3.8, 4) is 0 Å². The van der Waals surface area contributed by atoms with E-state index in [0.717, 1.165) is 44.2 Å². The Kier molecular flexibility index (Phi) is 5.76. The third-order valence-electron chi connectivity index (χ3n) is 4.49. The molecule has 3 nitrogen and oxygen atoms in total. The van der Waals surface area contributed by atoms with Crippen LogP contribution in [-0.2, 0) is 11.2 Å². The van der Waals surface area contributed by atoms with Crippen LogP contribution in [0.2, 0.25) is 0 Å². The number of hydrogen-bond donors (Lipinski definition) is 1. The summed E-state index contributed by atoms with van der Waals surface area (Å²) in [7, 11) is 0. The molecular weight excluding hydrogens is 272 g/mol. The van der Waals surface area contributed by atoms with E-state index >= 15 is 0 Å². The highest BCUT2D eigenvalue weighted by Gasteiger charge is 2.21. The monoisotopic (exact) mass is 300 g/mol. The average molecular weight is 300 g/mol. The molecule has 1 atom stereocenters. The van der Waals surface area contributed by atoms with Crippen LogP contribution in [0.25, 0.3) is 5.57 Å². The van der Waals surface area contributed by atoms with Crippen LogP contribution < -0.4 is 5.73 Å². The summed E-state index contributed by atoms with van der Waals surface area (Å²) in [6.07, 6.45) is 9.17. The number of carbonyl (C=O) groups is 1. The van der Waals surface area contributed by atoms with Crippen molar-refractivity contribution in [3.05, 3.63) is 34.7 Å². The molecule has 0 saturated carbocycles. The van der Waals surface area contributed by atoms with Gasteiger partial charge in [-0.1, -0.05) is 32.8 Å². The molecule has 22 heavy (non-hydrogen) atoms. The second kappa shape index (κ2) is 7.57. The molecule has 0 spiro atoms. The normalized spacial score (nSPS) is 15.1. The first-order valence-electron chi connectivity index (χ1n) is 8.54. The van der Waals surface area contributed by atoms with Crippen LogP contribution in [0.4, 0.5) is 0 Å². The maximum atomic E-state index is 11.4. The Balaban J connectivity index is 2.42. The van der Waals surface area contributed by atoms with Crippen LogP contribution in [0.1, 0.15) is 80.8 Å². The van der Waals surface area contributed by atoms with Crippen LogP contribution in [0.3, 0.4) is 0 Å². The predicted molar refractivity (Wildman–Crippen MR) is 91.6 cm³/mol. The summed E-state index contributed by atoms with van der Waals surface area (Å²) in [5.74, 6) is -0.0232. The summed E-state index contributed by atoms with van der Waals surface area (Å²) in [6.45, 7) is 6.43. The maximum absolute atomic E-state index is 11.4. The van der Waals surface area contributed by atoms with E-state index in [2.05, 4.69) is 32.9 Å². The Hall–Kier alpha value is -1.64. The second-order valence-corrected chi connectivity index (χ2v) is 6.33. The predicted octanol–water partition coefficient (Wildman–Crippen LogP) is 4.28. The SMILES string of the molecule is CCCC1=CCCc2nc(C)c(C(CCC)CC(N)=O)cc21. The molecule has 1 heterocycles. The molecule has 2 N–H and O–H groups in total. The van der Waals surface area contributed by atoms with Gasteiger partial charge in [-0.3, -0.25) is 9.78 Å². The number of aromatic nitrogens is 1. The standard InChI is InChI=1S/C19H28N2O/c1-4-7-14-9-6-10-18-17(14)12-16(13(3)21-18)15(8-5-2)11-19(20)22/h9,12,15H,4-8,10-11H2,1-3H3,(H2,20,22). The molecule has 2 rings (SSSR count). The van der Waals surface area contributed by atoms with Crippen LogP contribution in [0, 0.1) is 6.92 Å². The lowest BCUT2D eigenvalue weighted by atomic mass is 9.85. The molecule has 1 aliphatic rings. The smallest absolute Gasteiger partial charge is 0.218 e. The Labute approximate surface area is 134 Å². The van der Waals surface area contributed by atoms with E-state index in [4.69, 9.17) is 10.7 Å². The summed E-state index contributed by atoms with van der Waals surface area (Å²) in [5, 5.41) is 0. The minimum atomic E-state index is -0.222. The Morgan fingerprint density at radius 2 is 2.14 bits per heavy atom.